The van der Waals surface area contributed by atoms with Crippen molar-refractivity contribution in [2.45, 2.75) is 58.8 Å². The van der Waals surface area contributed by atoms with Crippen molar-refractivity contribution in [2.75, 3.05) is 0 Å². The molecule has 0 spiro atoms. The third-order valence-corrected chi connectivity index (χ3v) is 6.91. The van der Waals surface area contributed by atoms with Crippen molar-refractivity contribution in [2.24, 2.45) is 0 Å². The zero-order chi connectivity index (χ0) is 27.6. The van der Waals surface area contributed by atoms with Crippen molar-refractivity contribution >= 4 is 10.9 Å². The van der Waals surface area contributed by atoms with Crippen molar-refractivity contribution in [1.82, 2.24) is 30.1 Å². The summed E-state index contributed by atoms with van der Waals surface area (Å²) >= 11 is 0. The average Bonchev–Trinajstić information content (AvgIpc) is 3.41. The number of tetrazole rings is 1. The lowest BCUT2D eigenvalue weighted by molar-refractivity contribution is 0.184. The standard InChI is InChI=1S/C31H33FN6O/c1-5-21-13-16-27-24(17-21)18-26(30(39)33-27)28(29-34-35-36-38(29)31(2,3)4)37(19-22-9-7-6-8-10-22)20-23-11-14-25(32)15-12-23/h6-18,28H,5,19-20H2,1-4H3,(H,33,39). The van der Waals surface area contributed by atoms with Crippen LogP contribution in [0.1, 0.15) is 61.8 Å². The normalized spacial score (nSPS) is 12.8. The molecular formula is C31H33FN6O. The Morgan fingerprint density at radius 1 is 0.923 bits per heavy atom. The quantitative estimate of drug-likeness (QED) is 0.279. The Kier molecular flexibility index (Phi) is 7.39. The van der Waals surface area contributed by atoms with Gasteiger partial charge in [-0.25, -0.2) is 9.07 Å². The first-order chi connectivity index (χ1) is 18.7. The highest BCUT2D eigenvalue weighted by atomic mass is 19.1. The van der Waals surface area contributed by atoms with E-state index >= 15 is 0 Å². The zero-order valence-corrected chi connectivity index (χ0v) is 22.7. The fraction of sp³-hybridized carbons (Fsp3) is 0.290. The van der Waals surface area contributed by atoms with Crippen LogP contribution >= 0.6 is 0 Å². The Balaban J connectivity index is 1.73. The highest BCUT2D eigenvalue weighted by molar-refractivity contribution is 5.80. The number of hydrogen-bond acceptors (Lipinski definition) is 5. The van der Waals surface area contributed by atoms with Crippen LogP contribution < -0.4 is 5.56 Å². The van der Waals surface area contributed by atoms with Crippen LogP contribution in [0.15, 0.2) is 83.7 Å². The van der Waals surface area contributed by atoms with Gasteiger partial charge in [-0.1, -0.05) is 55.5 Å². The highest BCUT2D eigenvalue weighted by Gasteiger charge is 2.33. The molecule has 0 amide bonds. The molecular weight excluding hydrogens is 491 g/mol. The van der Waals surface area contributed by atoms with Crippen LogP contribution in [0.2, 0.25) is 0 Å². The van der Waals surface area contributed by atoms with E-state index in [1.807, 2.05) is 57.2 Å². The van der Waals surface area contributed by atoms with E-state index in [0.29, 0.717) is 24.5 Å². The zero-order valence-electron chi connectivity index (χ0n) is 22.7. The molecule has 1 atom stereocenters. The maximum Gasteiger partial charge on any atom is 0.253 e. The average molecular weight is 525 g/mol. The number of pyridine rings is 1. The Bertz CT molecular complexity index is 1620. The Morgan fingerprint density at radius 3 is 2.26 bits per heavy atom. The van der Waals surface area contributed by atoms with Gasteiger partial charge in [-0.2, -0.15) is 0 Å². The minimum atomic E-state index is -0.581. The second-order valence-corrected chi connectivity index (χ2v) is 10.9. The van der Waals surface area contributed by atoms with Gasteiger partial charge in [0.15, 0.2) is 5.82 Å². The number of aromatic amines is 1. The van der Waals surface area contributed by atoms with Gasteiger partial charge in [-0.15, -0.1) is 5.10 Å². The topological polar surface area (TPSA) is 79.7 Å². The first-order valence-corrected chi connectivity index (χ1v) is 13.2. The molecule has 7 nitrogen and oxygen atoms in total. The van der Waals surface area contributed by atoms with Gasteiger partial charge in [0.25, 0.3) is 5.56 Å². The molecule has 0 saturated heterocycles. The summed E-state index contributed by atoms with van der Waals surface area (Å²) in [7, 11) is 0. The molecule has 1 N–H and O–H groups in total. The molecule has 0 bridgehead atoms. The van der Waals surface area contributed by atoms with Gasteiger partial charge in [0.05, 0.1) is 5.54 Å². The van der Waals surface area contributed by atoms with Crippen molar-refractivity contribution in [3.63, 3.8) is 0 Å². The molecule has 0 aliphatic heterocycles. The summed E-state index contributed by atoms with van der Waals surface area (Å²) in [6.45, 7) is 9.17. The molecule has 39 heavy (non-hydrogen) atoms. The third-order valence-electron chi connectivity index (χ3n) is 6.91. The second kappa shape index (κ2) is 10.9. The summed E-state index contributed by atoms with van der Waals surface area (Å²) in [5, 5.41) is 13.8. The van der Waals surface area contributed by atoms with Crippen molar-refractivity contribution < 1.29 is 4.39 Å². The van der Waals surface area contributed by atoms with Gasteiger partial charge >= 0.3 is 0 Å². The van der Waals surface area contributed by atoms with Gasteiger partial charge in [-0.05, 0) is 90.0 Å². The minimum Gasteiger partial charge on any atom is -0.322 e. The summed E-state index contributed by atoms with van der Waals surface area (Å²) in [6.07, 6.45) is 0.890. The molecule has 3 aromatic carbocycles. The molecule has 0 aliphatic rings. The maximum atomic E-state index is 13.8. The molecule has 1 unspecified atom stereocenters. The molecule has 0 saturated carbocycles. The third kappa shape index (κ3) is 5.81. The van der Waals surface area contributed by atoms with Crippen molar-refractivity contribution in [1.29, 1.82) is 0 Å². The number of rotatable bonds is 8. The summed E-state index contributed by atoms with van der Waals surface area (Å²) in [4.78, 5) is 19.0. The Hall–Kier alpha value is -4.17. The van der Waals surface area contributed by atoms with Gasteiger partial charge < -0.3 is 4.98 Å². The van der Waals surface area contributed by atoms with E-state index in [-0.39, 0.29) is 11.4 Å². The molecule has 0 aliphatic carbocycles. The van der Waals surface area contributed by atoms with Crippen molar-refractivity contribution in [3.05, 3.63) is 123 Å². The first kappa shape index (κ1) is 26.4. The second-order valence-electron chi connectivity index (χ2n) is 10.9. The Morgan fingerprint density at radius 2 is 1.59 bits per heavy atom. The van der Waals surface area contributed by atoms with E-state index in [4.69, 9.17) is 0 Å². The molecule has 0 radical (unpaired) electrons. The number of fused-ring (bicyclic) bond motifs is 1. The highest BCUT2D eigenvalue weighted by Crippen LogP contribution is 2.32. The number of benzene rings is 3. The van der Waals surface area contributed by atoms with E-state index in [1.54, 1.807) is 16.8 Å². The number of aryl methyl sites for hydroxylation is 1. The lowest BCUT2D eigenvalue weighted by Crippen LogP contribution is -2.37. The van der Waals surface area contributed by atoms with Crippen LogP contribution in [-0.4, -0.2) is 30.1 Å². The van der Waals surface area contributed by atoms with Crippen LogP contribution in [0.25, 0.3) is 10.9 Å². The van der Waals surface area contributed by atoms with Crippen LogP contribution in [0.4, 0.5) is 4.39 Å². The molecule has 5 rings (SSSR count). The van der Waals surface area contributed by atoms with E-state index in [2.05, 4.69) is 50.5 Å². The van der Waals surface area contributed by atoms with E-state index in [0.717, 1.165) is 28.5 Å². The molecule has 5 aromatic rings. The maximum absolute atomic E-state index is 13.8. The van der Waals surface area contributed by atoms with E-state index < -0.39 is 11.6 Å². The largest absolute Gasteiger partial charge is 0.322 e. The van der Waals surface area contributed by atoms with Crippen molar-refractivity contribution in [3.8, 4) is 0 Å². The number of aromatic nitrogens is 5. The number of halogens is 1. The SMILES string of the molecule is CCc1ccc2[nH]c(=O)c(C(c3nnnn3C(C)(C)C)N(Cc3ccccc3)Cc3ccc(F)cc3)cc2c1. The molecule has 2 aromatic heterocycles. The van der Waals surface area contributed by atoms with Gasteiger partial charge in [-0.3, -0.25) is 9.69 Å². The lowest BCUT2D eigenvalue weighted by Gasteiger charge is -2.33. The first-order valence-electron chi connectivity index (χ1n) is 13.2. The predicted octanol–water partition coefficient (Wildman–Crippen LogP) is 5.76. The smallest absolute Gasteiger partial charge is 0.253 e. The monoisotopic (exact) mass is 524 g/mol. The predicted molar refractivity (Wildman–Crippen MR) is 151 cm³/mol. The summed E-state index contributed by atoms with van der Waals surface area (Å²) in [6, 6.07) is 24.0. The Labute approximate surface area is 227 Å². The van der Waals surface area contributed by atoms with Crippen LogP contribution in [0.5, 0.6) is 0 Å². The fourth-order valence-corrected chi connectivity index (χ4v) is 4.92. The van der Waals surface area contributed by atoms with Gasteiger partial charge in [0, 0.05) is 24.2 Å². The molecule has 200 valence electrons. The molecule has 8 heteroatoms. The number of H-pyrrole nitrogens is 1. The number of hydrogen-bond donors (Lipinski definition) is 1. The summed E-state index contributed by atoms with van der Waals surface area (Å²) in [5.74, 6) is 0.274. The van der Waals surface area contributed by atoms with Gasteiger partial charge in [0.2, 0.25) is 0 Å². The molecule has 2 heterocycles. The van der Waals surface area contributed by atoms with E-state index in [1.165, 1.54) is 17.7 Å². The minimum absolute atomic E-state index is 0.197. The van der Waals surface area contributed by atoms with Crippen LogP contribution in [0, 0.1) is 5.82 Å². The van der Waals surface area contributed by atoms with Crippen LogP contribution in [-0.2, 0) is 25.0 Å². The number of nitrogens with zero attached hydrogens (tertiary/aromatic N) is 5. The number of nitrogens with one attached hydrogen (secondary N) is 1. The van der Waals surface area contributed by atoms with E-state index in [9.17, 15) is 9.18 Å². The molecule has 0 fully saturated rings. The summed E-state index contributed by atoms with van der Waals surface area (Å²) in [5.41, 5.74) is 3.88. The van der Waals surface area contributed by atoms with Crippen LogP contribution in [0.3, 0.4) is 0 Å². The fourth-order valence-electron chi connectivity index (χ4n) is 4.92. The van der Waals surface area contributed by atoms with Gasteiger partial charge in [0.1, 0.15) is 11.9 Å². The lowest BCUT2D eigenvalue weighted by atomic mass is 9.99. The summed E-state index contributed by atoms with van der Waals surface area (Å²) < 4.78 is 15.6.